The molecule has 0 fully saturated rings. The number of nitrogens with one attached hydrogen (secondary N) is 1. The van der Waals surface area contributed by atoms with Crippen molar-refractivity contribution >= 4 is 23.2 Å². The van der Waals surface area contributed by atoms with Crippen molar-refractivity contribution in [3.8, 4) is 0 Å². The molecule has 1 aliphatic heterocycles. The van der Waals surface area contributed by atoms with E-state index in [9.17, 15) is 4.79 Å². The first-order chi connectivity index (χ1) is 12.7. The highest BCUT2D eigenvalue weighted by Gasteiger charge is 2.24. The number of hydrogen-bond donors (Lipinski definition) is 1. The Labute approximate surface area is 152 Å². The lowest BCUT2D eigenvalue weighted by Crippen LogP contribution is -2.36. The van der Waals surface area contributed by atoms with Crippen molar-refractivity contribution in [3.63, 3.8) is 0 Å². The summed E-state index contributed by atoms with van der Waals surface area (Å²) < 4.78 is 0. The van der Waals surface area contributed by atoms with Gasteiger partial charge in [-0.2, -0.15) is 0 Å². The standard InChI is InChI=1S/C21H20N4O/c1-15-6-4-9-17(14-15)23-21-22-12-11-18(24-21)20(26)25-13-5-8-16-7-2-3-10-19(16)25/h2-4,6-7,9-12,14H,5,8,13H2,1H3,(H,22,23,24). The van der Waals surface area contributed by atoms with Gasteiger partial charge in [-0.25, -0.2) is 9.97 Å². The van der Waals surface area contributed by atoms with Crippen LogP contribution in [0.15, 0.2) is 60.8 Å². The lowest BCUT2D eigenvalue weighted by Gasteiger charge is -2.29. The topological polar surface area (TPSA) is 58.1 Å². The lowest BCUT2D eigenvalue weighted by molar-refractivity contribution is 0.0980. The van der Waals surface area contributed by atoms with Gasteiger partial charge in [-0.05, 0) is 55.2 Å². The molecular weight excluding hydrogens is 324 g/mol. The molecule has 5 nitrogen and oxygen atoms in total. The van der Waals surface area contributed by atoms with E-state index in [4.69, 9.17) is 0 Å². The predicted octanol–water partition coefficient (Wildman–Crippen LogP) is 4.12. The minimum atomic E-state index is -0.0909. The number of aromatic nitrogens is 2. The average Bonchev–Trinajstić information content (AvgIpc) is 2.67. The van der Waals surface area contributed by atoms with Gasteiger partial charge in [0, 0.05) is 24.1 Å². The molecule has 0 bridgehead atoms. The van der Waals surface area contributed by atoms with Crippen molar-refractivity contribution < 1.29 is 4.79 Å². The van der Waals surface area contributed by atoms with E-state index in [2.05, 4.69) is 21.4 Å². The molecule has 5 heteroatoms. The van der Waals surface area contributed by atoms with E-state index in [0.717, 1.165) is 29.8 Å². The molecule has 0 radical (unpaired) electrons. The summed E-state index contributed by atoms with van der Waals surface area (Å²) in [4.78, 5) is 23.5. The van der Waals surface area contributed by atoms with E-state index in [-0.39, 0.29) is 5.91 Å². The Balaban J connectivity index is 1.60. The first-order valence-electron chi connectivity index (χ1n) is 8.77. The Bertz CT molecular complexity index is 954. The Morgan fingerprint density at radius 3 is 2.88 bits per heavy atom. The fourth-order valence-corrected chi connectivity index (χ4v) is 3.27. The van der Waals surface area contributed by atoms with Crippen LogP contribution in [0.4, 0.5) is 17.3 Å². The summed E-state index contributed by atoms with van der Waals surface area (Å²) in [5, 5.41) is 3.17. The van der Waals surface area contributed by atoms with Crippen molar-refractivity contribution in [1.29, 1.82) is 0 Å². The van der Waals surface area contributed by atoms with E-state index in [1.807, 2.05) is 54.3 Å². The van der Waals surface area contributed by atoms with Crippen molar-refractivity contribution in [1.82, 2.24) is 9.97 Å². The van der Waals surface area contributed by atoms with Gasteiger partial charge in [0.25, 0.3) is 5.91 Å². The van der Waals surface area contributed by atoms with Crippen LogP contribution in [-0.4, -0.2) is 22.4 Å². The zero-order chi connectivity index (χ0) is 17.9. The van der Waals surface area contributed by atoms with Gasteiger partial charge < -0.3 is 10.2 Å². The van der Waals surface area contributed by atoms with Gasteiger partial charge in [-0.3, -0.25) is 4.79 Å². The second kappa shape index (κ2) is 6.96. The molecule has 130 valence electrons. The third-order valence-electron chi connectivity index (χ3n) is 4.50. The molecule has 0 saturated carbocycles. The van der Waals surface area contributed by atoms with Crippen LogP contribution in [0, 0.1) is 6.92 Å². The molecule has 3 aromatic rings. The number of carbonyl (C=O) groups excluding carboxylic acids is 1. The minimum absolute atomic E-state index is 0.0909. The summed E-state index contributed by atoms with van der Waals surface area (Å²) in [7, 11) is 0. The third kappa shape index (κ3) is 3.28. The second-order valence-corrected chi connectivity index (χ2v) is 6.45. The Morgan fingerprint density at radius 2 is 2.00 bits per heavy atom. The predicted molar refractivity (Wildman–Crippen MR) is 103 cm³/mol. The monoisotopic (exact) mass is 344 g/mol. The Hall–Kier alpha value is -3.21. The van der Waals surface area contributed by atoms with Gasteiger partial charge in [0.05, 0.1) is 0 Å². The van der Waals surface area contributed by atoms with Gasteiger partial charge in [-0.1, -0.05) is 30.3 Å². The number of amides is 1. The summed E-state index contributed by atoms with van der Waals surface area (Å²) in [6, 6.07) is 17.7. The lowest BCUT2D eigenvalue weighted by atomic mass is 10.0. The summed E-state index contributed by atoms with van der Waals surface area (Å²) in [6.45, 7) is 2.74. The number of para-hydroxylation sites is 1. The third-order valence-corrected chi connectivity index (χ3v) is 4.50. The number of hydrogen-bond acceptors (Lipinski definition) is 4. The first-order valence-corrected chi connectivity index (χ1v) is 8.77. The number of carbonyl (C=O) groups is 1. The maximum absolute atomic E-state index is 13.0. The van der Waals surface area contributed by atoms with Gasteiger partial charge in [0.15, 0.2) is 0 Å². The highest BCUT2D eigenvalue weighted by atomic mass is 16.2. The maximum Gasteiger partial charge on any atom is 0.277 e. The van der Waals surface area contributed by atoms with Crippen molar-refractivity contribution in [2.24, 2.45) is 0 Å². The molecule has 4 rings (SSSR count). The van der Waals surface area contributed by atoms with Crippen LogP contribution in [0.5, 0.6) is 0 Å². The van der Waals surface area contributed by atoms with E-state index < -0.39 is 0 Å². The molecule has 2 aromatic carbocycles. The summed E-state index contributed by atoms with van der Waals surface area (Å²) in [5.74, 6) is 0.332. The average molecular weight is 344 g/mol. The number of aryl methyl sites for hydroxylation is 2. The molecule has 0 saturated heterocycles. The van der Waals surface area contributed by atoms with Gasteiger partial charge >= 0.3 is 0 Å². The van der Waals surface area contributed by atoms with E-state index in [0.29, 0.717) is 18.2 Å². The zero-order valence-corrected chi connectivity index (χ0v) is 14.6. The quantitative estimate of drug-likeness (QED) is 0.776. The SMILES string of the molecule is Cc1cccc(Nc2nccc(C(=O)N3CCCc4ccccc43)n2)c1. The molecule has 1 aliphatic rings. The van der Waals surface area contributed by atoms with Gasteiger partial charge in [0.2, 0.25) is 5.95 Å². The van der Waals surface area contributed by atoms with Crippen LogP contribution in [0.2, 0.25) is 0 Å². The molecule has 26 heavy (non-hydrogen) atoms. The minimum Gasteiger partial charge on any atom is -0.324 e. The van der Waals surface area contributed by atoms with Gasteiger partial charge in [-0.15, -0.1) is 0 Å². The van der Waals surface area contributed by atoms with E-state index >= 15 is 0 Å². The van der Waals surface area contributed by atoms with Crippen LogP contribution in [0.1, 0.15) is 28.0 Å². The number of benzene rings is 2. The van der Waals surface area contributed by atoms with Crippen molar-refractivity contribution in [2.45, 2.75) is 19.8 Å². The van der Waals surface area contributed by atoms with Crippen molar-refractivity contribution in [3.05, 3.63) is 77.6 Å². The van der Waals surface area contributed by atoms with Gasteiger partial charge in [0.1, 0.15) is 5.69 Å². The fourth-order valence-electron chi connectivity index (χ4n) is 3.27. The Morgan fingerprint density at radius 1 is 1.12 bits per heavy atom. The van der Waals surface area contributed by atoms with Crippen LogP contribution in [0.25, 0.3) is 0 Å². The molecule has 1 aromatic heterocycles. The second-order valence-electron chi connectivity index (χ2n) is 6.45. The number of rotatable bonds is 3. The fraction of sp³-hybridized carbons (Fsp3) is 0.190. The molecule has 0 aliphatic carbocycles. The smallest absolute Gasteiger partial charge is 0.277 e. The number of fused-ring (bicyclic) bond motifs is 1. The van der Waals surface area contributed by atoms with Crippen LogP contribution < -0.4 is 10.2 Å². The highest BCUT2D eigenvalue weighted by molar-refractivity contribution is 6.05. The molecule has 2 heterocycles. The Kier molecular flexibility index (Phi) is 4.35. The van der Waals surface area contributed by atoms with E-state index in [1.54, 1.807) is 12.3 Å². The van der Waals surface area contributed by atoms with Crippen LogP contribution in [-0.2, 0) is 6.42 Å². The molecule has 1 N–H and O–H groups in total. The molecular formula is C21H20N4O. The molecule has 1 amide bonds. The summed E-state index contributed by atoms with van der Waals surface area (Å²) in [5.41, 5.74) is 4.63. The maximum atomic E-state index is 13.0. The summed E-state index contributed by atoms with van der Waals surface area (Å²) >= 11 is 0. The van der Waals surface area contributed by atoms with E-state index in [1.165, 1.54) is 5.56 Å². The zero-order valence-electron chi connectivity index (χ0n) is 14.6. The highest BCUT2D eigenvalue weighted by Crippen LogP contribution is 2.28. The number of nitrogens with zero attached hydrogens (tertiary/aromatic N) is 3. The van der Waals surface area contributed by atoms with Crippen molar-refractivity contribution in [2.75, 3.05) is 16.8 Å². The molecule has 0 unspecified atom stereocenters. The molecule has 0 atom stereocenters. The molecule has 0 spiro atoms. The van der Waals surface area contributed by atoms with Crippen LogP contribution >= 0.6 is 0 Å². The number of anilines is 3. The largest absolute Gasteiger partial charge is 0.324 e. The normalized spacial score (nSPS) is 13.2. The summed E-state index contributed by atoms with van der Waals surface area (Å²) in [6.07, 6.45) is 3.58. The first kappa shape index (κ1) is 16.3. The van der Waals surface area contributed by atoms with Crippen LogP contribution in [0.3, 0.4) is 0 Å².